The Balaban J connectivity index is 0.918. The lowest BCUT2D eigenvalue weighted by atomic mass is 9.88. The number of nitrogens with two attached hydrogens (primary N) is 1. The Kier molecular flexibility index (Phi) is 21.1. The van der Waals surface area contributed by atoms with Crippen molar-refractivity contribution in [3.63, 3.8) is 0 Å². The van der Waals surface area contributed by atoms with Crippen LogP contribution < -0.4 is 57.2 Å². The predicted molar refractivity (Wildman–Crippen MR) is 384 cm³/mol. The van der Waals surface area contributed by atoms with E-state index in [4.69, 9.17) is 43.1 Å². The summed E-state index contributed by atoms with van der Waals surface area (Å²) in [5.41, 5.74) is 6.34. The van der Waals surface area contributed by atoms with Crippen molar-refractivity contribution in [1.29, 1.82) is 0 Å². The van der Waals surface area contributed by atoms with Crippen LogP contribution in [0, 0.1) is 0 Å². The zero-order valence-corrected chi connectivity index (χ0v) is 58.4. The van der Waals surface area contributed by atoms with Gasteiger partial charge in [-0.05, 0) is 136 Å². The lowest BCUT2D eigenvalue weighted by Crippen LogP contribution is -2.55. The van der Waals surface area contributed by atoms with Crippen molar-refractivity contribution >= 4 is 70.5 Å². The molecule has 0 radical (unpaired) electrons. The standard InChI is InChI=1S/C76H72Cl2N10O19/c1-2-3-4-35-5-7-36(8-6-35)32-80-33-59(93)88-19-17-87(18-20-88)34-47-53(92)31-46-60(68(47)95)45-25-39(11-13-51(45)90)62-72(99)86-66(75(102)85-65(46)76(103)104)67(94)40-12-16-55(49(78)26-40)107-58-29-42-28-57(69(58)96)106-54-15-9-37(21-48(54)77)22-50-70(97)82-63(73(100)84-64(42)74(101)83-62)41-23-43(89)30-44(24-41)105-56-27-38(10-14-52(56)91)61(79)71(98)81-50/h5-16,21,23-31,50,61-67,80,89-92,94-96H,2-4,17-20,22,32-34,79H2,1H3,(H,81,98)(H,82,97)(H,83,101)(H,84,100)(H,85,102)(H,86,99)(H,103,104)/t50-,61+,62-,63+,64-,65+,66+,67-/m1/s1. The van der Waals surface area contributed by atoms with Gasteiger partial charge in [-0.15, -0.1) is 0 Å². The largest absolute Gasteiger partial charge is 0.508 e. The molecule has 8 aromatic rings. The number of aryl methyl sites for hydroxylation is 1. The molecule has 8 aromatic carbocycles. The average Bonchev–Trinajstić information content (AvgIpc) is 0.758. The first kappa shape index (κ1) is 73.5. The summed E-state index contributed by atoms with van der Waals surface area (Å²) in [4.78, 5) is 122. The molecule has 31 heteroatoms. The van der Waals surface area contributed by atoms with Crippen LogP contribution in [-0.4, -0.2) is 143 Å². The zero-order valence-electron chi connectivity index (χ0n) is 56.9. The van der Waals surface area contributed by atoms with Gasteiger partial charge in [-0.3, -0.25) is 38.5 Å². The Morgan fingerprint density at radius 3 is 1.84 bits per heavy atom. The molecule has 7 aliphatic heterocycles. The summed E-state index contributed by atoms with van der Waals surface area (Å²) >= 11 is 13.9. The number of nitrogens with zero attached hydrogens (tertiary/aromatic N) is 2. The summed E-state index contributed by atoms with van der Waals surface area (Å²) in [5.74, 6) is -15.3. The van der Waals surface area contributed by atoms with E-state index in [1.165, 1.54) is 60.2 Å². The lowest BCUT2D eigenvalue weighted by molar-refractivity contribution is -0.143. The minimum atomic E-state index is -2.27. The number of phenols is 6. The molecule has 0 aromatic heterocycles. The second-order valence-electron chi connectivity index (χ2n) is 26.5. The number of hydrogen-bond acceptors (Lipinski definition) is 21. The van der Waals surface area contributed by atoms with Gasteiger partial charge in [0.05, 0.1) is 22.2 Å². The molecule has 7 heterocycles. The van der Waals surface area contributed by atoms with E-state index in [2.05, 4.69) is 56.3 Å². The maximum Gasteiger partial charge on any atom is 0.330 e. The number of carboxylic acid groups (broad SMARTS) is 1. The van der Waals surface area contributed by atoms with Crippen LogP contribution in [0.1, 0.15) is 112 Å². The Morgan fingerprint density at radius 1 is 0.561 bits per heavy atom. The molecular formula is C76H72Cl2N10O19. The number of ether oxygens (including phenoxy) is 3. The first-order chi connectivity index (χ1) is 51.2. The fraction of sp³-hybridized carbons (Fsp3) is 0.263. The summed E-state index contributed by atoms with van der Waals surface area (Å²) in [5, 5.41) is 113. The third kappa shape index (κ3) is 15.6. The molecule has 107 heavy (non-hydrogen) atoms. The monoisotopic (exact) mass is 1500 g/mol. The van der Waals surface area contributed by atoms with Crippen molar-refractivity contribution in [3.05, 3.63) is 199 Å². The van der Waals surface area contributed by atoms with E-state index < -0.39 is 152 Å². The molecule has 15 rings (SSSR count). The van der Waals surface area contributed by atoms with E-state index >= 15 is 24.0 Å². The number of carbonyl (C=O) groups excluding carboxylic acids is 7. The fourth-order valence-electron chi connectivity index (χ4n) is 13.5. The second kappa shape index (κ2) is 30.7. The van der Waals surface area contributed by atoms with Crippen LogP contribution in [0.2, 0.25) is 10.0 Å². The van der Waals surface area contributed by atoms with Crippen molar-refractivity contribution in [3.8, 4) is 80.1 Å². The maximum absolute atomic E-state index is 16.1. The molecule has 1 fully saturated rings. The molecular weight excluding hydrogens is 1430 g/mol. The first-order valence-corrected chi connectivity index (χ1v) is 34.8. The first-order valence-electron chi connectivity index (χ1n) is 34.1. The quantitative estimate of drug-likeness (QED) is 0.0672. The molecule has 29 nitrogen and oxygen atoms in total. The Bertz CT molecular complexity index is 4920. The third-order valence-corrected chi connectivity index (χ3v) is 19.9. The number of piperazine rings is 1. The highest BCUT2D eigenvalue weighted by atomic mass is 35.5. The highest BCUT2D eigenvalue weighted by molar-refractivity contribution is 6.32. The smallest absolute Gasteiger partial charge is 0.330 e. The average molecular weight is 1500 g/mol. The van der Waals surface area contributed by atoms with E-state index in [0.717, 1.165) is 79.4 Å². The van der Waals surface area contributed by atoms with Crippen molar-refractivity contribution in [1.82, 2.24) is 47.0 Å². The molecule has 0 saturated carbocycles. The summed E-state index contributed by atoms with van der Waals surface area (Å²) in [7, 11) is 0. The van der Waals surface area contributed by atoms with Crippen LogP contribution in [0.5, 0.6) is 69.0 Å². The number of nitrogens with one attached hydrogen (secondary N) is 7. The number of benzene rings is 8. The van der Waals surface area contributed by atoms with Gasteiger partial charge in [-0.2, -0.15) is 0 Å². The van der Waals surface area contributed by atoms with Crippen molar-refractivity contribution in [2.45, 2.75) is 94.1 Å². The number of amides is 7. The molecule has 7 aliphatic rings. The third-order valence-electron chi connectivity index (χ3n) is 19.3. The number of halogens is 2. The number of aliphatic hydroxyl groups excluding tert-OH is 1. The van der Waals surface area contributed by atoms with E-state index in [1.807, 2.05) is 12.1 Å². The van der Waals surface area contributed by atoms with Gasteiger partial charge in [-0.25, -0.2) is 4.79 Å². The van der Waals surface area contributed by atoms with E-state index in [0.29, 0.717) is 12.1 Å². The molecule has 0 aliphatic carbocycles. The van der Waals surface area contributed by atoms with Gasteiger partial charge in [0.25, 0.3) is 0 Å². The van der Waals surface area contributed by atoms with Gasteiger partial charge in [-0.1, -0.05) is 85.1 Å². The van der Waals surface area contributed by atoms with Crippen LogP contribution in [0.3, 0.4) is 0 Å². The number of aliphatic carboxylic acids is 1. The van der Waals surface area contributed by atoms with Gasteiger partial charge in [0.1, 0.15) is 82.6 Å². The minimum Gasteiger partial charge on any atom is -0.508 e. The minimum absolute atomic E-state index is 0.0425. The number of fused-ring (bicyclic) bond motifs is 14. The van der Waals surface area contributed by atoms with Crippen molar-refractivity contribution in [2.24, 2.45) is 5.73 Å². The Morgan fingerprint density at radius 2 is 1.17 bits per heavy atom. The van der Waals surface area contributed by atoms with E-state index in [9.17, 15) is 55.2 Å². The summed E-state index contributed by atoms with van der Waals surface area (Å²) in [6.45, 7) is 3.29. The molecule has 8 atom stereocenters. The molecule has 17 N–H and O–H groups in total. The highest BCUT2D eigenvalue weighted by Crippen LogP contribution is 2.50. The fourth-order valence-corrected chi connectivity index (χ4v) is 13.9. The van der Waals surface area contributed by atoms with Crippen LogP contribution in [0.4, 0.5) is 0 Å². The lowest BCUT2D eigenvalue weighted by Gasteiger charge is -2.35. The highest BCUT2D eigenvalue weighted by Gasteiger charge is 2.42. The molecule has 0 spiro atoms. The van der Waals surface area contributed by atoms with Gasteiger partial charge < -0.3 is 103 Å². The summed E-state index contributed by atoms with van der Waals surface area (Å²) < 4.78 is 18.6. The Labute approximate surface area is 619 Å². The molecule has 554 valence electrons. The number of carbonyl (C=O) groups is 8. The van der Waals surface area contributed by atoms with E-state index in [-0.39, 0.29) is 118 Å². The molecule has 0 unspecified atom stereocenters. The van der Waals surface area contributed by atoms with Crippen molar-refractivity contribution < 1.29 is 93.4 Å². The predicted octanol–water partition coefficient (Wildman–Crippen LogP) is 6.76. The number of aromatic hydroxyl groups is 6. The molecule has 7 amide bonds. The van der Waals surface area contributed by atoms with Gasteiger partial charge >= 0.3 is 5.97 Å². The van der Waals surface area contributed by atoms with Gasteiger partial charge in [0, 0.05) is 68.4 Å². The summed E-state index contributed by atoms with van der Waals surface area (Å²) in [6.07, 6.45) is 0.602. The van der Waals surface area contributed by atoms with Crippen LogP contribution in [0.25, 0.3) is 11.1 Å². The SMILES string of the molecule is CCCCc1ccc(CNCC(=O)N2CCN(Cc3c(O)cc4c(c3O)-c3cc(ccc3O)[C@H]3NC(=O)[C@@H]5NC(=O)[C@H]6NC(=O)[C@@H](Cc7ccc(c(Cl)c7)Oc7cc5cc(c7O)Oc5ccc(cc5Cl)[C@@H](O)[C@H](NC3=O)C(=O)N[C@@H]4C(=O)O)NC(=O)[C@@H](N)c3ccc(O)c(c3)Oc3cc(O)cc6c3)CC2)cc1. The second-order valence-corrected chi connectivity index (χ2v) is 27.4. The van der Waals surface area contributed by atoms with Crippen LogP contribution in [0.15, 0.2) is 133 Å². The van der Waals surface area contributed by atoms with Crippen LogP contribution in [-0.2, 0) is 64.3 Å². The van der Waals surface area contributed by atoms with E-state index in [1.54, 1.807) is 9.80 Å². The number of unbranched alkanes of at least 4 members (excludes halogenated alkanes) is 1. The molecule has 17 bridgehead atoms. The van der Waals surface area contributed by atoms with Crippen LogP contribution >= 0.6 is 23.2 Å². The number of aliphatic hydroxyl groups is 1. The summed E-state index contributed by atoms with van der Waals surface area (Å²) in [6, 6.07) is 15.4. The van der Waals surface area contributed by atoms with Gasteiger partial charge in [0.2, 0.25) is 47.1 Å². The number of rotatable bonds is 10. The van der Waals surface area contributed by atoms with Crippen molar-refractivity contribution in [2.75, 3.05) is 32.7 Å². The molecule has 1 saturated heterocycles. The number of hydrogen-bond donors (Lipinski definition) is 16. The maximum atomic E-state index is 16.1. The Hall–Kier alpha value is -11.9. The normalized spacial score (nSPS) is 21.0. The van der Waals surface area contributed by atoms with Gasteiger partial charge in [0.15, 0.2) is 29.0 Å². The number of carboxylic acids is 1. The number of phenolic OH excluding ortho intramolecular Hbond substituents is 6. The topological polar surface area (TPSA) is 443 Å². The zero-order chi connectivity index (χ0) is 75.8.